The highest BCUT2D eigenvalue weighted by Crippen LogP contribution is 2.30. The SMILES string of the molecule is CNc1nc([C@@H]2CCN(C(C)=O)C2)nc2c1CN(Cc1ccc3ncccc3c1)CC2. The number of hydrogen-bond acceptors (Lipinski definition) is 6. The van der Waals surface area contributed by atoms with Crippen molar-refractivity contribution in [2.75, 3.05) is 32.0 Å². The molecule has 1 aromatic carbocycles. The molecular weight excluding hydrogens is 388 g/mol. The summed E-state index contributed by atoms with van der Waals surface area (Å²) < 4.78 is 0. The van der Waals surface area contributed by atoms with Crippen LogP contribution in [0.25, 0.3) is 10.9 Å². The summed E-state index contributed by atoms with van der Waals surface area (Å²) in [7, 11) is 1.93. The van der Waals surface area contributed by atoms with Crippen LogP contribution in [0.3, 0.4) is 0 Å². The largest absolute Gasteiger partial charge is 0.373 e. The van der Waals surface area contributed by atoms with E-state index in [-0.39, 0.29) is 11.8 Å². The molecule has 0 unspecified atom stereocenters. The molecule has 31 heavy (non-hydrogen) atoms. The van der Waals surface area contributed by atoms with Gasteiger partial charge in [-0.25, -0.2) is 9.97 Å². The molecular formula is C24H28N6O. The first kappa shape index (κ1) is 19.9. The number of carbonyl (C=O) groups excluding carboxylic acids is 1. The van der Waals surface area contributed by atoms with E-state index in [9.17, 15) is 4.79 Å². The number of aromatic nitrogens is 3. The van der Waals surface area contributed by atoms with Gasteiger partial charge in [0, 0.05) is 76.2 Å². The zero-order valence-electron chi connectivity index (χ0n) is 18.1. The smallest absolute Gasteiger partial charge is 0.219 e. The van der Waals surface area contributed by atoms with Crippen molar-refractivity contribution in [3.8, 4) is 0 Å². The lowest BCUT2D eigenvalue weighted by Gasteiger charge is -2.30. The third-order valence-corrected chi connectivity index (χ3v) is 6.47. The van der Waals surface area contributed by atoms with E-state index in [0.29, 0.717) is 0 Å². The summed E-state index contributed by atoms with van der Waals surface area (Å²) in [4.78, 5) is 30.3. The second kappa shape index (κ2) is 8.23. The number of nitrogens with zero attached hydrogens (tertiary/aromatic N) is 5. The first-order valence-electron chi connectivity index (χ1n) is 11.0. The van der Waals surface area contributed by atoms with Gasteiger partial charge < -0.3 is 10.2 Å². The number of anilines is 1. The number of likely N-dealkylation sites (tertiary alicyclic amines) is 1. The Labute approximate surface area is 182 Å². The number of amides is 1. The van der Waals surface area contributed by atoms with Crippen LogP contribution in [0.15, 0.2) is 36.5 Å². The number of benzene rings is 1. The van der Waals surface area contributed by atoms with E-state index in [1.807, 2.05) is 24.2 Å². The number of fused-ring (bicyclic) bond motifs is 2. The van der Waals surface area contributed by atoms with Crippen molar-refractivity contribution >= 4 is 22.6 Å². The molecule has 1 atom stereocenters. The van der Waals surface area contributed by atoms with Crippen molar-refractivity contribution in [3.05, 3.63) is 59.2 Å². The molecule has 0 bridgehead atoms. The lowest BCUT2D eigenvalue weighted by atomic mass is 10.0. The van der Waals surface area contributed by atoms with Crippen LogP contribution < -0.4 is 5.32 Å². The van der Waals surface area contributed by atoms with Crippen LogP contribution in [0.4, 0.5) is 5.82 Å². The molecule has 1 saturated heterocycles. The number of rotatable bonds is 4. The van der Waals surface area contributed by atoms with E-state index in [1.165, 1.54) is 16.5 Å². The fraction of sp³-hybridized carbons (Fsp3) is 0.417. The molecule has 0 saturated carbocycles. The highest BCUT2D eigenvalue weighted by molar-refractivity contribution is 5.78. The molecule has 5 rings (SSSR count). The number of pyridine rings is 1. The van der Waals surface area contributed by atoms with Crippen LogP contribution in [-0.2, 0) is 24.3 Å². The maximum absolute atomic E-state index is 11.7. The average Bonchev–Trinajstić information content (AvgIpc) is 3.29. The molecule has 7 heteroatoms. The first-order valence-corrected chi connectivity index (χ1v) is 11.0. The molecule has 1 N–H and O–H groups in total. The number of carbonyl (C=O) groups is 1. The Morgan fingerprint density at radius 1 is 1.23 bits per heavy atom. The van der Waals surface area contributed by atoms with Gasteiger partial charge in [0.25, 0.3) is 0 Å². The van der Waals surface area contributed by atoms with Gasteiger partial charge in [-0.2, -0.15) is 0 Å². The van der Waals surface area contributed by atoms with Gasteiger partial charge in [-0.05, 0) is 30.2 Å². The fourth-order valence-corrected chi connectivity index (χ4v) is 4.75. The van der Waals surface area contributed by atoms with Crippen LogP contribution in [0.5, 0.6) is 0 Å². The van der Waals surface area contributed by atoms with Crippen LogP contribution in [0.2, 0.25) is 0 Å². The Bertz CT molecular complexity index is 1110. The summed E-state index contributed by atoms with van der Waals surface area (Å²) in [5.41, 5.74) is 4.67. The third-order valence-electron chi connectivity index (χ3n) is 6.47. The van der Waals surface area contributed by atoms with Crippen LogP contribution in [-0.4, -0.2) is 57.3 Å². The summed E-state index contributed by atoms with van der Waals surface area (Å²) in [6, 6.07) is 10.6. The van der Waals surface area contributed by atoms with Crippen molar-refractivity contribution in [1.29, 1.82) is 0 Å². The second-order valence-corrected chi connectivity index (χ2v) is 8.55. The standard InChI is InChI=1S/C24H28N6O/c1-16(31)30-11-7-19(14-30)23-27-22-8-10-29(15-20(22)24(25-2)28-23)13-17-5-6-21-18(12-17)4-3-9-26-21/h3-6,9,12,19H,7-8,10-11,13-15H2,1-2H3,(H,25,27,28)/t19-/m1/s1. The van der Waals surface area contributed by atoms with Gasteiger partial charge in [-0.15, -0.1) is 0 Å². The van der Waals surface area contributed by atoms with Gasteiger partial charge in [-0.1, -0.05) is 12.1 Å². The Morgan fingerprint density at radius 2 is 2.13 bits per heavy atom. The molecule has 1 amide bonds. The van der Waals surface area contributed by atoms with Crippen molar-refractivity contribution in [1.82, 2.24) is 24.8 Å². The monoisotopic (exact) mass is 416 g/mol. The quantitative estimate of drug-likeness (QED) is 0.705. The lowest BCUT2D eigenvalue weighted by molar-refractivity contribution is -0.127. The molecule has 3 aromatic rings. The molecule has 2 aromatic heterocycles. The molecule has 0 radical (unpaired) electrons. The summed E-state index contributed by atoms with van der Waals surface area (Å²) in [6.45, 7) is 5.86. The maximum Gasteiger partial charge on any atom is 0.219 e. The van der Waals surface area contributed by atoms with E-state index in [0.717, 1.165) is 68.4 Å². The molecule has 7 nitrogen and oxygen atoms in total. The van der Waals surface area contributed by atoms with Crippen LogP contribution in [0, 0.1) is 0 Å². The Morgan fingerprint density at radius 3 is 2.94 bits per heavy atom. The van der Waals surface area contributed by atoms with E-state index in [1.54, 1.807) is 6.92 Å². The predicted molar refractivity (Wildman–Crippen MR) is 121 cm³/mol. The van der Waals surface area contributed by atoms with E-state index in [4.69, 9.17) is 9.97 Å². The minimum atomic E-state index is 0.134. The molecule has 0 aliphatic carbocycles. The van der Waals surface area contributed by atoms with Crippen LogP contribution in [0.1, 0.15) is 41.9 Å². The molecule has 2 aliphatic heterocycles. The van der Waals surface area contributed by atoms with Gasteiger partial charge in [-0.3, -0.25) is 14.7 Å². The topological polar surface area (TPSA) is 74.2 Å². The average molecular weight is 417 g/mol. The third kappa shape index (κ3) is 3.97. The van der Waals surface area contributed by atoms with Crippen LogP contribution >= 0.6 is 0 Å². The molecule has 4 heterocycles. The Balaban J connectivity index is 1.35. The predicted octanol–water partition coefficient (Wildman–Crippen LogP) is 2.96. The molecule has 0 spiro atoms. The molecule has 1 fully saturated rings. The van der Waals surface area contributed by atoms with Gasteiger partial charge in [0.1, 0.15) is 11.6 Å². The van der Waals surface area contributed by atoms with E-state index >= 15 is 0 Å². The summed E-state index contributed by atoms with van der Waals surface area (Å²) in [5.74, 6) is 2.16. The second-order valence-electron chi connectivity index (χ2n) is 8.55. The van der Waals surface area contributed by atoms with E-state index < -0.39 is 0 Å². The van der Waals surface area contributed by atoms with Gasteiger partial charge >= 0.3 is 0 Å². The number of hydrogen-bond donors (Lipinski definition) is 1. The fourth-order valence-electron chi connectivity index (χ4n) is 4.75. The minimum Gasteiger partial charge on any atom is -0.373 e. The normalized spacial score (nSPS) is 18.9. The van der Waals surface area contributed by atoms with Crippen molar-refractivity contribution in [2.24, 2.45) is 0 Å². The van der Waals surface area contributed by atoms with E-state index in [2.05, 4.69) is 39.5 Å². The Kier molecular flexibility index (Phi) is 5.28. The summed E-state index contributed by atoms with van der Waals surface area (Å²) >= 11 is 0. The lowest BCUT2D eigenvalue weighted by Crippen LogP contribution is -2.32. The molecule has 160 valence electrons. The minimum absolute atomic E-state index is 0.134. The van der Waals surface area contributed by atoms with Gasteiger partial charge in [0.05, 0.1) is 11.2 Å². The van der Waals surface area contributed by atoms with Crippen molar-refractivity contribution < 1.29 is 4.79 Å². The zero-order chi connectivity index (χ0) is 21.4. The zero-order valence-corrected chi connectivity index (χ0v) is 18.1. The Hall–Kier alpha value is -3.06. The summed E-state index contributed by atoms with van der Waals surface area (Å²) in [6.07, 6.45) is 3.68. The maximum atomic E-state index is 11.7. The first-order chi connectivity index (χ1) is 15.1. The molecule has 2 aliphatic rings. The highest BCUT2D eigenvalue weighted by atomic mass is 16.2. The van der Waals surface area contributed by atoms with Gasteiger partial charge in [0.2, 0.25) is 5.91 Å². The van der Waals surface area contributed by atoms with Crippen molar-refractivity contribution in [2.45, 2.75) is 38.8 Å². The summed E-state index contributed by atoms with van der Waals surface area (Å²) in [5, 5.41) is 4.47. The van der Waals surface area contributed by atoms with Gasteiger partial charge in [0.15, 0.2) is 0 Å². The number of nitrogens with one attached hydrogen (secondary N) is 1. The highest BCUT2D eigenvalue weighted by Gasteiger charge is 2.30. The van der Waals surface area contributed by atoms with Crippen molar-refractivity contribution in [3.63, 3.8) is 0 Å².